The van der Waals surface area contributed by atoms with Gasteiger partial charge in [-0.05, 0) is 103 Å². The second-order valence-electron chi connectivity index (χ2n) is 8.91. The van der Waals surface area contributed by atoms with E-state index in [9.17, 15) is 4.79 Å². The predicted octanol–water partition coefficient (Wildman–Crippen LogP) is 7.02. The van der Waals surface area contributed by atoms with Crippen molar-refractivity contribution in [3.05, 3.63) is 72.6 Å². The summed E-state index contributed by atoms with van der Waals surface area (Å²) in [6.07, 6.45) is 6.33. The van der Waals surface area contributed by atoms with Gasteiger partial charge in [-0.3, -0.25) is 9.69 Å². The lowest BCUT2D eigenvalue weighted by molar-refractivity contribution is -0.150. The first-order valence-electron chi connectivity index (χ1n) is 11.4. The van der Waals surface area contributed by atoms with Crippen molar-refractivity contribution in [2.24, 2.45) is 11.0 Å². The van der Waals surface area contributed by atoms with E-state index < -0.39 is 0 Å². The number of carbonyl (C=O) groups excluding carboxylic acids is 1. The largest absolute Gasteiger partial charge is 0.469 e. The molecule has 0 saturated carbocycles. The summed E-state index contributed by atoms with van der Waals surface area (Å²) >= 11 is 8.31. The summed E-state index contributed by atoms with van der Waals surface area (Å²) in [7, 11) is 1.50. The minimum absolute atomic E-state index is 0.0972. The van der Waals surface area contributed by atoms with Crippen molar-refractivity contribution in [2.75, 3.05) is 13.7 Å². The third-order valence-electron chi connectivity index (χ3n) is 7.13. The predicted molar refractivity (Wildman–Crippen MR) is 139 cm³/mol. The van der Waals surface area contributed by atoms with Crippen LogP contribution in [0.2, 0.25) is 5.02 Å². The first-order valence-corrected chi connectivity index (χ1v) is 12.9. The van der Waals surface area contributed by atoms with E-state index in [0.29, 0.717) is 11.7 Å². The normalized spacial score (nSPS) is 24.3. The molecule has 174 valence electrons. The quantitative estimate of drug-likeness (QED) is 0.0843. The van der Waals surface area contributed by atoms with Crippen molar-refractivity contribution in [2.45, 2.75) is 56.5 Å². The van der Waals surface area contributed by atoms with Crippen LogP contribution in [0, 0.1) is 9.49 Å². The molecule has 6 nitrogen and oxygen atoms in total. The maximum Gasteiger partial charge on any atom is 0.310 e. The number of nitrogens with zero attached hydrogens (tertiary/aromatic N) is 4. The van der Waals surface area contributed by atoms with E-state index in [2.05, 4.69) is 55.7 Å². The molecule has 0 aromatic heterocycles. The Morgan fingerprint density at radius 2 is 2.03 bits per heavy atom. The standard InChI is InChI=1S/C25H28ClIN4O2/c1-33-25(32)24-20(17-6-8-18(26)9-7-17)15-19-10-12-23(24)31(19)13-3-2-4-16-5-11-22(29-30-28)21(27)14-16/h5-9,11,14,19-20,23-24H,2-4,10,12-13,15H2,1H3/t19-,20+,23+,24-/m0/s1. The van der Waals surface area contributed by atoms with Crippen LogP contribution in [0.15, 0.2) is 47.6 Å². The Bertz CT molecular complexity index is 1040. The molecule has 2 aliphatic heterocycles. The van der Waals surface area contributed by atoms with Gasteiger partial charge in [-0.1, -0.05) is 41.0 Å². The van der Waals surface area contributed by atoms with Crippen LogP contribution in [-0.4, -0.2) is 36.6 Å². The number of carbonyl (C=O) groups is 1. The van der Waals surface area contributed by atoms with Crippen LogP contribution in [0.25, 0.3) is 10.4 Å². The maximum atomic E-state index is 12.9. The number of benzene rings is 2. The van der Waals surface area contributed by atoms with Crippen LogP contribution in [0.3, 0.4) is 0 Å². The Kier molecular flexibility index (Phi) is 8.17. The highest BCUT2D eigenvalue weighted by molar-refractivity contribution is 14.1. The number of methoxy groups -OCH3 is 1. The molecule has 2 fully saturated rings. The minimum Gasteiger partial charge on any atom is -0.469 e. The van der Waals surface area contributed by atoms with Crippen molar-refractivity contribution < 1.29 is 9.53 Å². The SMILES string of the molecule is COC(=O)[C@H]1[C@@H](c2ccc(Cl)cc2)C[C@@H]2CC[C@H]1N2CCCCc1ccc(N=[N+]=[N-])c(I)c1. The number of piperidine rings is 1. The summed E-state index contributed by atoms with van der Waals surface area (Å²) < 4.78 is 6.24. The molecular weight excluding hydrogens is 551 g/mol. The number of esters is 1. The Morgan fingerprint density at radius 3 is 2.73 bits per heavy atom. The van der Waals surface area contributed by atoms with Crippen LogP contribution in [-0.2, 0) is 16.0 Å². The molecule has 0 aliphatic carbocycles. The molecule has 2 heterocycles. The van der Waals surface area contributed by atoms with E-state index in [1.807, 2.05) is 24.3 Å². The first-order chi connectivity index (χ1) is 16.0. The van der Waals surface area contributed by atoms with Crippen molar-refractivity contribution in [1.29, 1.82) is 0 Å². The Hall–Kier alpha value is -1.80. The number of rotatable bonds is 8. The lowest BCUT2D eigenvalue weighted by Gasteiger charge is -2.43. The van der Waals surface area contributed by atoms with Crippen molar-refractivity contribution in [3.63, 3.8) is 0 Å². The van der Waals surface area contributed by atoms with Gasteiger partial charge in [0.05, 0.1) is 18.7 Å². The fourth-order valence-corrected chi connectivity index (χ4v) is 6.44. The number of ether oxygens (including phenoxy) is 1. The average molecular weight is 579 g/mol. The van der Waals surface area contributed by atoms with Crippen LogP contribution in [0.4, 0.5) is 5.69 Å². The van der Waals surface area contributed by atoms with Gasteiger partial charge in [-0.15, -0.1) is 0 Å². The summed E-state index contributed by atoms with van der Waals surface area (Å²) in [5.41, 5.74) is 11.8. The molecule has 2 saturated heterocycles. The molecule has 0 spiro atoms. The zero-order valence-corrected chi connectivity index (χ0v) is 21.6. The van der Waals surface area contributed by atoms with Crippen molar-refractivity contribution >= 4 is 45.8 Å². The van der Waals surface area contributed by atoms with E-state index in [1.54, 1.807) is 0 Å². The molecule has 33 heavy (non-hydrogen) atoms. The number of aryl methyl sites for hydroxylation is 1. The van der Waals surface area contributed by atoms with E-state index >= 15 is 0 Å². The minimum atomic E-state index is -0.135. The molecule has 0 N–H and O–H groups in total. The monoisotopic (exact) mass is 578 g/mol. The Morgan fingerprint density at radius 1 is 1.24 bits per heavy atom. The van der Waals surface area contributed by atoms with Crippen LogP contribution < -0.4 is 0 Å². The van der Waals surface area contributed by atoms with Crippen LogP contribution in [0.1, 0.15) is 49.1 Å². The molecule has 2 aliphatic rings. The maximum absolute atomic E-state index is 12.9. The zero-order chi connectivity index (χ0) is 23.4. The van der Waals surface area contributed by atoms with E-state index in [-0.39, 0.29) is 23.8 Å². The average Bonchev–Trinajstić information content (AvgIpc) is 3.09. The lowest BCUT2D eigenvalue weighted by Crippen LogP contribution is -2.51. The molecule has 2 aromatic carbocycles. The van der Waals surface area contributed by atoms with Gasteiger partial charge in [-0.2, -0.15) is 0 Å². The van der Waals surface area contributed by atoms with E-state index in [4.69, 9.17) is 21.9 Å². The smallest absolute Gasteiger partial charge is 0.310 e. The molecule has 8 heteroatoms. The fraction of sp³-hybridized carbons (Fsp3) is 0.480. The molecular formula is C25H28ClIN4O2. The van der Waals surface area contributed by atoms with Gasteiger partial charge in [-0.25, -0.2) is 0 Å². The number of hydrogen-bond donors (Lipinski definition) is 0. The van der Waals surface area contributed by atoms with Gasteiger partial charge in [0.25, 0.3) is 0 Å². The number of hydrogen-bond acceptors (Lipinski definition) is 4. The second kappa shape index (κ2) is 11.1. The summed E-state index contributed by atoms with van der Waals surface area (Å²) in [6, 6.07) is 14.7. The Balaban J connectivity index is 1.39. The third-order valence-corrected chi connectivity index (χ3v) is 8.25. The molecule has 0 unspecified atom stereocenters. The highest BCUT2D eigenvalue weighted by atomic mass is 127. The molecule has 0 amide bonds. The van der Waals surface area contributed by atoms with Gasteiger partial charge >= 0.3 is 5.97 Å². The Labute approximate surface area is 213 Å². The number of azide groups is 1. The summed E-state index contributed by atoms with van der Waals surface area (Å²) in [4.78, 5) is 18.3. The van der Waals surface area contributed by atoms with Crippen molar-refractivity contribution in [3.8, 4) is 0 Å². The first kappa shape index (κ1) is 24.3. The lowest BCUT2D eigenvalue weighted by atomic mass is 9.76. The third kappa shape index (κ3) is 5.48. The highest BCUT2D eigenvalue weighted by Gasteiger charge is 2.50. The molecule has 4 rings (SSSR count). The summed E-state index contributed by atoms with van der Waals surface area (Å²) in [6.45, 7) is 1.00. The number of halogens is 2. The topological polar surface area (TPSA) is 78.3 Å². The van der Waals surface area contributed by atoms with Gasteiger partial charge < -0.3 is 4.74 Å². The summed E-state index contributed by atoms with van der Waals surface area (Å²) in [5.74, 6) is -0.0511. The van der Waals surface area contributed by atoms with Gasteiger partial charge in [0, 0.05) is 31.5 Å². The van der Waals surface area contributed by atoms with Gasteiger partial charge in [0.1, 0.15) is 0 Å². The van der Waals surface area contributed by atoms with Crippen LogP contribution in [0.5, 0.6) is 0 Å². The molecule has 4 atom stereocenters. The zero-order valence-electron chi connectivity index (χ0n) is 18.7. The summed E-state index contributed by atoms with van der Waals surface area (Å²) in [5, 5.41) is 4.43. The van der Waals surface area contributed by atoms with E-state index in [0.717, 1.165) is 53.7 Å². The molecule has 0 radical (unpaired) electrons. The van der Waals surface area contributed by atoms with Crippen LogP contribution >= 0.6 is 34.2 Å². The second-order valence-corrected chi connectivity index (χ2v) is 10.5. The molecule has 2 aromatic rings. The highest BCUT2D eigenvalue weighted by Crippen LogP contribution is 2.47. The van der Waals surface area contributed by atoms with Gasteiger partial charge in [0.15, 0.2) is 0 Å². The number of fused-ring (bicyclic) bond motifs is 2. The van der Waals surface area contributed by atoms with E-state index in [1.165, 1.54) is 18.2 Å². The van der Waals surface area contributed by atoms with Gasteiger partial charge in [0.2, 0.25) is 0 Å². The fourth-order valence-electron chi connectivity index (χ4n) is 5.63. The molecule has 2 bridgehead atoms. The van der Waals surface area contributed by atoms with Crippen molar-refractivity contribution in [1.82, 2.24) is 4.90 Å². The number of unbranched alkanes of at least 4 members (excludes halogenated alkanes) is 1.